The van der Waals surface area contributed by atoms with Gasteiger partial charge in [-0.2, -0.15) is 5.10 Å². The molecule has 0 atom stereocenters. The zero-order valence-electron chi connectivity index (χ0n) is 11.2. The monoisotopic (exact) mass is 407 g/mol. The molecule has 2 aromatic heterocycles. The van der Waals surface area contributed by atoms with Gasteiger partial charge in [-0.15, -0.1) is 0 Å². The van der Waals surface area contributed by atoms with Gasteiger partial charge in [0.1, 0.15) is 4.47 Å². The van der Waals surface area contributed by atoms with Crippen molar-refractivity contribution in [2.45, 2.75) is 13.5 Å². The third-order valence-corrected chi connectivity index (χ3v) is 5.09. The van der Waals surface area contributed by atoms with Crippen molar-refractivity contribution in [2.24, 2.45) is 0 Å². The van der Waals surface area contributed by atoms with Gasteiger partial charge in [0, 0.05) is 11.1 Å². The Labute approximate surface area is 138 Å². The van der Waals surface area contributed by atoms with Gasteiger partial charge < -0.3 is 0 Å². The SMILES string of the molecule is Cc1cc(Cn2ncc(Br)c(Br)c2=O)c2ccccc2n1. The minimum atomic E-state index is -0.164. The molecule has 0 radical (unpaired) electrons. The first-order valence-electron chi connectivity index (χ1n) is 6.32. The minimum Gasteiger partial charge on any atom is -0.266 e. The number of pyridine rings is 1. The summed E-state index contributed by atoms with van der Waals surface area (Å²) in [6, 6.07) is 9.90. The van der Waals surface area contributed by atoms with Gasteiger partial charge in [0.05, 0.1) is 22.7 Å². The Bertz CT molecular complexity index is 890. The molecule has 0 unspecified atom stereocenters. The number of fused-ring (bicyclic) bond motifs is 1. The lowest BCUT2D eigenvalue weighted by atomic mass is 10.1. The molecule has 4 nitrogen and oxygen atoms in total. The number of benzene rings is 1. The predicted octanol–water partition coefficient (Wildman–Crippen LogP) is 3.67. The second-order valence-electron chi connectivity index (χ2n) is 4.71. The molecular formula is C15H11Br2N3O. The molecule has 0 saturated carbocycles. The predicted molar refractivity (Wildman–Crippen MR) is 89.5 cm³/mol. The third kappa shape index (κ3) is 2.78. The smallest absolute Gasteiger partial charge is 0.266 e. The molecule has 106 valence electrons. The van der Waals surface area contributed by atoms with E-state index in [-0.39, 0.29) is 5.56 Å². The van der Waals surface area contributed by atoms with Gasteiger partial charge in [0.15, 0.2) is 0 Å². The molecule has 0 spiro atoms. The summed E-state index contributed by atoms with van der Waals surface area (Å²) in [7, 11) is 0. The second-order valence-corrected chi connectivity index (χ2v) is 6.36. The number of rotatable bonds is 2. The van der Waals surface area contributed by atoms with Crippen molar-refractivity contribution in [3.05, 3.63) is 67.1 Å². The molecule has 2 heterocycles. The maximum absolute atomic E-state index is 12.2. The van der Waals surface area contributed by atoms with Crippen LogP contribution < -0.4 is 5.56 Å². The molecule has 0 bridgehead atoms. The third-order valence-electron chi connectivity index (χ3n) is 3.19. The highest BCUT2D eigenvalue weighted by Gasteiger charge is 2.09. The molecule has 3 aromatic rings. The van der Waals surface area contributed by atoms with Crippen molar-refractivity contribution in [3.63, 3.8) is 0 Å². The van der Waals surface area contributed by atoms with Crippen LogP contribution in [0.3, 0.4) is 0 Å². The van der Waals surface area contributed by atoms with Crippen LogP contribution in [0.4, 0.5) is 0 Å². The van der Waals surface area contributed by atoms with Crippen LogP contribution in [0.1, 0.15) is 11.3 Å². The first kappa shape index (κ1) is 14.4. The molecule has 21 heavy (non-hydrogen) atoms. The fourth-order valence-corrected chi connectivity index (χ4v) is 2.81. The van der Waals surface area contributed by atoms with Crippen LogP contribution in [-0.2, 0) is 6.54 Å². The Morgan fingerprint density at radius 1 is 1.24 bits per heavy atom. The first-order chi connectivity index (χ1) is 10.1. The molecule has 3 rings (SSSR count). The van der Waals surface area contributed by atoms with E-state index < -0.39 is 0 Å². The summed E-state index contributed by atoms with van der Waals surface area (Å²) in [5.41, 5.74) is 2.72. The van der Waals surface area contributed by atoms with Gasteiger partial charge >= 0.3 is 0 Å². The van der Waals surface area contributed by atoms with Gasteiger partial charge in [-0.25, -0.2) is 4.68 Å². The van der Waals surface area contributed by atoms with E-state index in [2.05, 4.69) is 41.9 Å². The topological polar surface area (TPSA) is 47.8 Å². The summed E-state index contributed by atoms with van der Waals surface area (Å²) < 4.78 is 2.57. The molecule has 6 heteroatoms. The summed E-state index contributed by atoms with van der Waals surface area (Å²) in [5, 5.41) is 5.22. The van der Waals surface area contributed by atoms with Crippen LogP contribution in [0.25, 0.3) is 10.9 Å². The van der Waals surface area contributed by atoms with Gasteiger partial charge in [0.25, 0.3) is 5.56 Å². The van der Waals surface area contributed by atoms with Crippen molar-refractivity contribution >= 4 is 42.8 Å². The Balaban J connectivity index is 2.15. The van der Waals surface area contributed by atoms with Crippen LogP contribution in [-0.4, -0.2) is 14.8 Å². The number of para-hydroxylation sites is 1. The zero-order valence-corrected chi connectivity index (χ0v) is 14.3. The molecule has 0 fully saturated rings. The van der Waals surface area contributed by atoms with Crippen LogP contribution in [0.5, 0.6) is 0 Å². The van der Waals surface area contributed by atoms with Gasteiger partial charge in [0.2, 0.25) is 0 Å². The molecule has 1 aromatic carbocycles. The van der Waals surface area contributed by atoms with Crippen LogP contribution in [0.2, 0.25) is 0 Å². The molecule has 0 saturated heterocycles. The quantitative estimate of drug-likeness (QED) is 0.649. The van der Waals surface area contributed by atoms with Crippen LogP contribution >= 0.6 is 31.9 Å². The van der Waals surface area contributed by atoms with Crippen LogP contribution in [0.15, 0.2) is 50.3 Å². The number of halogens is 2. The van der Waals surface area contributed by atoms with Gasteiger partial charge in [-0.3, -0.25) is 9.78 Å². The molecule has 0 aliphatic heterocycles. The largest absolute Gasteiger partial charge is 0.282 e. The highest BCUT2D eigenvalue weighted by atomic mass is 79.9. The lowest BCUT2D eigenvalue weighted by Gasteiger charge is -2.10. The minimum absolute atomic E-state index is 0.164. The average Bonchev–Trinajstić information content (AvgIpc) is 2.47. The lowest BCUT2D eigenvalue weighted by Crippen LogP contribution is -2.24. The number of hydrogen-bond donors (Lipinski definition) is 0. The van der Waals surface area contributed by atoms with Crippen molar-refractivity contribution < 1.29 is 0 Å². The number of aryl methyl sites for hydroxylation is 1. The van der Waals surface area contributed by atoms with Crippen LogP contribution in [0, 0.1) is 6.92 Å². The fourth-order valence-electron chi connectivity index (χ4n) is 2.24. The highest BCUT2D eigenvalue weighted by Crippen LogP contribution is 2.20. The Kier molecular flexibility index (Phi) is 3.91. The summed E-state index contributed by atoms with van der Waals surface area (Å²) in [4.78, 5) is 16.7. The summed E-state index contributed by atoms with van der Waals surface area (Å²) in [5.74, 6) is 0. The van der Waals surface area contributed by atoms with E-state index in [0.29, 0.717) is 15.5 Å². The summed E-state index contributed by atoms with van der Waals surface area (Å²) >= 11 is 6.56. The van der Waals surface area contributed by atoms with Crippen molar-refractivity contribution in [2.75, 3.05) is 0 Å². The molecule has 0 aliphatic carbocycles. The number of nitrogens with zero attached hydrogens (tertiary/aromatic N) is 3. The fraction of sp³-hybridized carbons (Fsp3) is 0.133. The Morgan fingerprint density at radius 2 is 2.00 bits per heavy atom. The standard InChI is InChI=1S/C15H11Br2N3O/c1-9-6-10(11-4-2-3-5-13(11)19-9)8-20-15(21)14(17)12(16)7-18-20/h2-7H,8H2,1H3. The van der Waals surface area contributed by atoms with Crippen molar-refractivity contribution in [1.82, 2.24) is 14.8 Å². The van der Waals surface area contributed by atoms with E-state index in [1.165, 1.54) is 4.68 Å². The first-order valence-corrected chi connectivity index (χ1v) is 7.91. The summed E-state index contributed by atoms with van der Waals surface area (Å²) in [6.45, 7) is 2.36. The van der Waals surface area contributed by atoms with E-state index in [4.69, 9.17) is 0 Å². The van der Waals surface area contributed by atoms with E-state index in [1.54, 1.807) is 6.20 Å². The average molecular weight is 409 g/mol. The van der Waals surface area contributed by atoms with Gasteiger partial charge in [-0.05, 0) is 56.5 Å². The number of aromatic nitrogens is 3. The van der Waals surface area contributed by atoms with Gasteiger partial charge in [-0.1, -0.05) is 18.2 Å². The van der Waals surface area contributed by atoms with Crippen molar-refractivity contribution in [3.8, 4) is 0 Å². The Hall–Kier alpha value is -1.53. The molecule has 0 amide bonds. The second kappa shape index (κ2) is 5.69. The molecule has 0 N–H and O–H groups in total. The van der Waals surface area contributed by atoms with E-state index in [9.17, 15) is 4.79 Å². The zero-order chi connectivity index (χ0) is 15.0. The Morgan fingerprint density at radius 3 is 2.81 bits per heavy atom. The maximum Gasteiger partial charge on any atom is 0.282 e. The normalized spacial score (nSPS) is 11.0. The maximum atomic E-state index is 12.2. The highest BCUT2D eigenvalue weighted by molar-refractivity contribution is 9.13. The summed E-state index contributed by atoms with van der Waals surface area (Å²) in [6.07, 6.45) is 1.61. The van der Waals surface area contributed by atoms with Crippen molar-refractivity contribution in [1.29, 1.82) is 0 Å². The molecular weight excluding hydrogens is 398 g/mol. The number of hydrogen-bond acceptors (Lipinski definition) is 3. The van der Waals surface area contributed by atoms with E-state index in [0.717, 1.165) is 22.2 Å². The lowest BCUT2D eigenvalue weighted by molar-refractivity contribution is 0.635. The van der Waals surface area contributed by atoms with E-state index in [1.807, 2.05) is 37.3 Å². The molecule has 0 aliphatic rings. The van der Waals surface area contributed by atoms with E-state index >= 15 is 0 Å².